The number of ether oxygens (including phenoxy) is 1. The normalized spacial score (nSPS) is 12.0. The summed E-state index contributed by atoms with van der Waals surface area (Å²) in [6, 6.07) is 29.6. The summed E-state index contributed by atoms with van der Waals surface area (Å²) in [5.41, 5.74) is 16.2. The van der Waals surface area contributed by atoms with Gasteiger partial charge in [-0.1, -0.05) is 35.4 Å². The topological polar surface area (TPSA) is 69.6 Å². The first kappa shape index (κ1) is 31.2. The molecule has 7 nitrogen and oxygen atoms in total. The van der Waals surface area contributed by atoms with Gasteiger partial charge in [-0.15, -0.1) is 0 Å². The molecule has 256 valence electrons. The highest BCUT2D eigenvalue weighted by atomic mass is 16.5. The van der Waals surface area contributed by atoms with Gasteiger partial charge in [-0.2, -0.15) is 0 Å². The Bertz CT molecular complexity index is 3080. The maximum atomic E-state index is 6.69. The molecule has 53 heavy (non-hydrogen) atoms. The number of benzene rings is 4. The van der Waals surface area contributed by atoms with E-state index in [1.54, 1.807) is 0 Å². The fourth-order valence-electron chi connectivity index (χ4n) is 8.68. The first-order valence-corrected chi connectivity index (χ1v) is 18.0. The van der Waals surface area contributed by atoms with Crippen LogP contribution in [0.5, 0.6) is 11.5 Å². The Balaban J connectivity index is 1.15. The SMILES string of the molecule is Cc1cc(C)c(-c2cn3c4cccnc4c4ccc(Oc5ccc6c7cccnc7n7c(-c8c(C)cc(C)cc8C)cnc7c6c5)cc4c3n2)c(C)c1. The maximum Gasteiger partial charge on any atom is 0.146 e. The highest BCUT2D eigenvalue weighted by molar-refractivity contribution is 6.12. The van der Waals surface area contributed by atoms with E-state index >= 15 is 0 Å². The second-order valence-corrected chi connectivity index (χ2v) is 14.4. The van der Waals surface area contributed by atoms with E-state index < -0.39 is 0 Å². The molecule has 6 aromatic heterocycles. The first-order valence-electron chi connectivity index (χ1n) is 18.0. The van der Waals surface area contributed by atoms with Crippen LogP contribution in [0.2, 0.25) is 0 Å². The minimum atomic E-state index is 0.717. The Morgan fingerprint density at radius 3 is 1.85 bits per heavy atom. The molecule has 6 heterocycles. The van der Waals surface area contributed by atoms with Crippen LogP contribution in [0.15, 0.2) is 110 Å². The molecule has 0 fully saturated rings. The van der Waals surface area contributed by atoms with Crippen molar-refractivity contribution in [2.24, 2.45) is 0 Å². The van der Waals surface area contributed by atoms with Crippen LogP contribution in [0.4, 0.5) is 0 Å². The molecule has 0 aliphatic heterocycles. The van der Waals surface area contributed by atoms with Crippen molar-refractivity contribution in [1.82, 2.24) is 28.7 Å². The van der Waals surface area contributed by atoms with Gasteiger partial charge in [-0.3, -0.25) is 13.8 Å². The molecule has 0 bridgehead atoms. The van der Waals surface area contributed by atoms with Crippen molar-refractivity contribution in [2.45, 2.75) is 41.5 Å². The predicted molar refractivity (Wildman–Crippen MR) is 215 cm³/mol. The van der Waals surface area contributed by atoms with E-state index in [0.29, 0.717) is 0 Å². The summed E-state index contributed by atoms with van der Waals surface area (Å²) >= 11 is 0. The molecular formula is C46H36N6O. The Labute approximate surface area is 306 Å². The monoisotopic (exact) mass is 688 g/mol. The average molecular weight is 689 g/mol. The molecule has 10 aromatic rings. The Kier molecular flexibility index (Phi) is 6.73. The summed E-state index contributed by atoms with van der Waals surface area (Å²) < 4.78 is 11.1. The molecule has 0 saturated heterocycles. The lowest BCUT2D eigenvalue weighted by molar-refractivity contribution is 0.484. The fourth-order valence-corrected chi connectivity index (χ4v) is 8.68. The van der Waals surface area contributed by atoms with Gasteiger partial charge in [0.1, 0.15) is 28.4 Å². The van der Waals surface area contributed by atoms with Gasteiger partial charge in [0.25, 0.3) is 0 Å². The Morgan fingerprint density at radius 2 is 1.13 bits per heavy atom. The van der Waals surface area contributed by atoms with Crippen molar-refractivity contribution in [3.8, 4) is 34.0 Å². The number of hydrogen-bond donors (Lipinski definition) is 0. The highest BCUT2D eigenvalue weighted by Crippen LogP contribution is 2.39. The zero-order valence-corrected chi connectivity index (χ0v) is 30.5. The van der Waals surface area contributed by atoms with Crippen molar-refractivity contribution >= 4 is 54.9 Å². The van der Waals surface area contributed by atoms with Crippen LogP contribution in [-0.4, -0.2) is 28.7 Å². The number of rotatable bonds is 4. The van der Waals surface area contributed by atoms with Crippen LogP contribution in [-0.2, 0) is 0 Å². The standard InChI is InChI=1S/C46H36N6O/c1-25-17-27(3)41(28(4)18-25)38-24-51-39-10-8-15-47-43(39)34-14-12-32(22-37(34)46(51)50-38)53-31-11-13-33-35-9-7-16-48-44(35)52-40(23-49-45(52)36(33)21-31)42-29(5)19-26(2)20-30(42)6/h7-24H,1-6H3. The summed E-state index contributed by atoms with van der Waals surface area (Å²) in [6.45, 7) is 12.9. The summed E-state index contributed by atoms with van der Waals surface area (Å²) in [5.74, 6) is 1.44. The number of aryl methyl sites for hydroxylation is 6. The minimum Gasteiger partial charge on any atom is -0.457 e. The zero-order valence-electron chi connectivity index (χ0n) is 30.5. The van der Waals surface area contributed by atoms with Crippen LogP contribution < -0.4 is 4.74 Å². The molecule has 4 aromatic carbocycles. The van der Waals surface area contributed by atoms with Crippen molar-refractivity contribution in [3.05, 3.63) is 143 Å². The van der Waals surface area contributed by atoms with Gasteiger partial charge >= 0.3 is 0 Å². The predicted octanol–water partition coefficient (Wildman–Crippen LogP) is 11.4. The third-order valence-electron chi connectivity index (χ3n) is 10.6. The highest BCUT2D eigenvalue weighted by Gasteiger charge is 2.20. The molecule has 0 unspecified atom stereocenters. The maximum absolute atomic E-state index is 6.69. The van der Waals surface area contributed by atoms with Crippen molar-refractivity contribution in [3.63, 3.8) is 0 Å². The van der Waals surface area contributed by atoms with Gasteiger partial charge in [0, 0.05) is 51.3 Å². The summed E-state index contributed by atoms with van der Waals surface area (Å²) in [5, 5.41) is 5.14. The molecule has 0 radical (unpaired) electrons. The fraction of sp³-hybridized carbons (Fsp3) is 0.130. The lowest BCUT2D eigenvalue weighted by Crippen LogP contribution is -1.98. The lowest BCUT2D eigenvalue weighted by Gasteiger charge is -2.14. The molecule has 10 rings (SSSR count). The quantitative estimate of drug-likeness (QED) is 0.172. The van der Waals surface area contributed by atoms with E-state index in [1.165, 1.54) is 38.9 Å². The van der Waals surface area contributed by atoms with Crippen molar-refractivity contribution < 1.29 is 4.74 Å². The second-order valence-electron chi connectivity index (χ2n) is 14.4. The van der Waals surface area contributed by atoms with E-state index in [-0.39, 0.29) is 0 Å². The first-order chi connectivity index (χ1) is 25.7. The zero-order chi connectivity index (χ0) is 36.1. The van der Waals surface area contributed by atoms with E-state index in [9.17, 15) is 0 Å². The molecule has 0 atom stereocenters. The molecule has 0 spiro atoms. The van der Waals surface area contributed by atoms with Gasteiger partial charge in [0.05, 0.1) is 28.6 Å². The molecule has 0 aliphatic rings. The molecule has 7 heteroatoms. The number of pyridine rings is 4. The van der Waals surface area contributed by atoms with E-state index in [1.807, 2.05) is 42.9 Å². The molecule has 0 saturated carbocycles. The van der Waals surface area contributed by atoms with E-state index in [2.05, 4.69) is 117 Å². The Hall–Kier alpha value is -6.60. The van der Waals surface area contributed by atoms with Crippen molar-refractivity contribution in [1.29, 1.82) is 0 Å². The minimum absolute atomic E-state index is 0.717. The third-order valence-corrected chi connectivity index (χ3v) is 10.6. The van der Waals surface area contributed by atoms with Gasteiger partial charge < -0.3 is 4.74 Å². The summed E-state index contributed by atoms with van der Waals surface area (Å²) in [6.07, 6.45) is 7.82. The van der Waals surface area contributed by atoms with Crippen molar-refractivity contribution in [2.75, 3.05) is 0 Å². The molecular weight excluding hydrogens is 653 g/mol. The van der Waals surface area contributed by atoms with Crippen LogP contribution in [0, 0.1) is 41.5 Å². The van der Waals surface area contributed by atoms with Crippen LogP contribution in [0.1, 0.15) is 33.4 Å². The van der Waals surface area contributed by atoms with Gasteiger partial charge in [0.15, 0.2) is 0 Å². The summed E-state index contributed by atoms with van der Waals surface area (Å²) in [7, 11) is 0. The molecule has 0 N–H and O–H groups in total. The average Bonchev–Trinajstić information content (AvgIpc) is 3.77. The number of fused-ring (bicyclic) bond motifs is 12. The molecule has 0 amide bonds. The number of aromatic nitrogens is 6. The number of hydrogen-bond acceptors (Lipinski definition) is 5. The number of imidazole rings is 2. The number of nitrogens with zero attached hydrogens (tertiary/aromatic N) is 6. The van der Waals surface area contributed by atoms with Crippen LogP contribution >= 0.6 is 0 Å². The van der Waals surface area contributed by atoms with Gasteiger partial charge in [-0.25, -0.2) is 15.0 Å². The van der Waals surface area contributed by atoms with Crippen LogP contribution in [0.25, 0.3) is 77.4 Å². The largest absolute Gasteiger partial charge is 0.457 e. The van der Waals surface area contributed by atoms with Crippen LogP contribution in [0.3, 0.4) is 0 Å². The van der Waals surface area contributed by atoms with Gasteiger partial charge in [-0.05, 0) is 130 Å². The van der Waals surface area contributed by atoms with Gasteiger partial charge in [0.2, 0.25) is 0 Å². The van der Waals surface area contributed by atoms with E-state index in [0.717, 1.165) is 83.4 Å². The second kappa shape index (κ2) is 11.5. The lowest BCUT2D eigenvalue weighted by atomic mass is 9.97. The smallest absolute Gasteiger partial charge is 0.146 e. The third kappa shape index (κ3) is 4.73. The summed E-state index contributed by atoms with van der Waals surface area (Å²) in [4.78, 5) is 20.0. The van der Waals surface area contributed by atoms with E-state index in [4.69, 9.17) is 24.7 Å². The Morgan fingerprint density at radius 1 is 0.528 bits per heavy atom. The molecule has 0 aliphatic carbocycles.